The SMILES string of the molecule is COc1ccc(CN2C(=O)c3oc4ccc(F)cc4c(=O)c3C2c2ccc(C(C)C)cc2)cc1. The molecule has 1 aliphatic heterocycles. The smallest absolute Gasteiger partial charge is 0.291 e. The van der Waals surface area contributed by atoms with E-state index in [0.717, 1.165) is 22.8 Å². The van der Waals surface area contributed by atoms with Crippen LogP contribution in [0.15, 0.2) is 75.9 Å². The largest absolute Gasteiger partial charge is 0.497 e. The zero-order chi connectivity index (χ0) is 24.0. The first kappa shape index (κ1) is 21.9. The van der Waals surface area contributed by atoms with Crippen LogP contribution >= 0.6 is 0 Å². The Hall–Kier alpha value is -3.93. The minimum atomic E-state index is -0.644. The van der Waals surface area contributed by atoms with Crippen LogP contribution in [0.25, 0.3) is 11.0 Å². The van der Waals surface area contributed by atoms with Gasteiger partial charge in [-0.25, -0.2) is 4.39 Å². The maximum Gasteiger partial charge on any atom is 0.291 e. The van der Waals surface area contributed by atoms with Gasteiger partial charge in [0.25, 0.3) is 5.91 Å². The standard InChI is InChI=1S/C28H24FNO4/c1-16(2)18-6-8-19(9-7-18)25-24-26(31)22-14-20(29)10-13-23(22)34-27(24)28(32)30(25)15-17-4-11-21(33-3)12-5-17/h4-14,16,25H,15H2,1-3H3. The second-order valence-corrected chi connectivity index (χ2v) is 8.82. The van der Waals surface area contributed by atoms with Gasteiger partial charge in [0.1, 0.15) is 17.1 Å². The Balaban J connectivity index is 1.67. The van der Waals surface area contributed by atoms with Crippen LogP contribution in [0, 0.1) is 5.82 Å². The molecule has 5 rings (SSSR count). The van der Waals surface area contributed by atoms with E-state index in [2.05, 4.69) is 13.8 Å². The summed E-state index contributed by atoms with van der Waals surface area (Å²) in [5.41, 5.74) is 2.89. The van der Waals surface area contributed by atoms with Gasteiger partial charge < -0.3 is 14.1 Å². The number of benzene rings is 3. The first-order valence-electron chi connectivity index (χ1n) is 11.2. The van der Waals surface area contributed by atoms with Crippen molar-refractivity contribution in [2.75, 3.05) is 7.11 Å². The van der Waals surface area contributed by atoms with E-state index in [9.17, 15) is 14.0 Å². The number of halogens is 1. The Morgan fingerprint density at radius 3 is 2.35 bits per heavy atom. The molecular weight excluding hydrogens is 433 g/mol. The molecule has 6 heteroatoms. The van der Waals surface area contributed by atoms with Crippen LogP contribution in [0.2, 0.25) is 0 Å². The van der Waals surface area contributed by atoms with Gasteiger partial charge in [-0.15, -0.1) is 0 Å². The van der Waals surface area contributed by atoms with E-state index >= 15 is 0 Å². The van der Waals surface area contributed by atoms with Crippen molar-refractivity contribution in [1.82, 2.24) is 4.90 Å². The van der Waals surface area contributed by atoms with Crippen LogP contribution in [-0.2, 0) is 6.54 Å². The molecule has 0 fully saturated rings. The molecule has 1 unspecified atom stereocenters. The van der Waals surface area contributed by atoms with Crippen LogP contribution in [0.1, 0.15) is 58.6 Å². The summed E-state index contributed by atoms with van der Waals surface area (Å²) in [5, 5.41) is 0.127. The summed E-state index contributed by atoms with van der Waals surface area (Å²) in [6.45, 7) is 4.48. The predicted molar refractivity (Wildman–Crippen MR) is 128 cm³/mol. The van der Waals surface area contributed by atoms with Gasteiger partial charge in [-0.2, -0.15) is 0 Å². The van der Waals surface area contributed by atoms with Gasteiger partial charge >= 0.3 is 0 Å². The van der Waals surface area contributed by atoms with Crippen molar-refractivity contribution >= 4 is 16.9 Å². The molecule has 2 heterocycles. The second kappa shape index (κ2) is 8.45. The molecule has 0 saturated heterocycles. The highest BCUT2D eigenvalue weighted by Crippen LogP contribution is 2.39. The van der Waals surface area contributed by atoms with Crippen molar-refractivity contribution in [2.45, 2.75) is 32.4 Å². The third kappa shape index (κ3) is 3.65. The lowest BCUT2D eigenvalue weighted by atomic mass is 9.95. The molecule has 0 bridgehead atoms. The van der Waals surface area contributed by atoms with Crippen molar-refractivity contribution in [3.05, 3.63) is 111 Å². The Kier molecular flexibility index (Phi) is 5.44. The number of ether oxygens (including phenoxy) is 1. The van der Waals surface area contributed by atoms with E-state index in [4.69, 9.17) is 9.15 Å². The molecule has 1 aromatic heterocycles. The summed E-state index contributed by atoms with van der Waals surface area (Å²) >= 11 is 0. The van der Waals surface area contributed by atoms with E-state index in [-0.39, 0.29) is 40.2 Å². The van der Waals surface area contributed by atoms with Gasteiger partial charge in [-0.05, 0) is 52.9 Å². The predicted octanol–water partition coefficient (Wildman–Crippen LogP) is 5.81. The molecule has 5 nitrogen and oxygen atoms in total. The highest BCUT2D eigenvalue weighted by Gasteiger charge is 2.42. The Morgan fingerprint density at radius 2 is 1.71 bits per heavy atom. The number of nitrogens with zero attached hydrogens (tertiary/aromatic N) is 1. The molecule has 1 amide bonds. The van der Waals surface area contributed by atoms with Gasteiger partial charge in [0.2, 0.25) is 5.76 Å². The number of hydrogen-bond acceptors (Lipinski definition) is 4. The van der Waals surface area contributed by atoms with E-state index < -0.39 is 11.9 Å². The Bertz CT molecular complexity index is 1440. The van der Waals surface area contributed by atoms with Gasteiger partial charge in [0.15, 0.2) is 5.43 Å². The highest BCUT2D eigenvalue weighted by atomic mass is 19.1. The molecule has 172 valence electrons. The lowest BCUT2D eigenvalue weighted by Crippen LogP contribution is -2.29. The maximum absolute atomic E-state index is 13.9. The number of amides is 1. The maximum atomic E-state index is 13.9. The number of hydrogen-bond donors (Lipinski definition) is 0. The minimum absolute atomic E-state index is 0.00977. The third-order valence-corrected chi connectivity index (χ3v) is 6.36. The van der Waals surface area contributed by atoms with Gasteiger partial charge in [-0.3, -0.25) is 9.59 Å². The van der Waals surface area contributed by atoms with Crippen molar-refractivity contribution in [1.29, 1.82) is 0 Å². The zero-order valence-corrected chi connectivity index (χ0v) is 19.2. The average Bonchev–Trinajstić information content (AvgIpc) is 3.12. The van der Waals surface area contributed by atoms with E-state index in [0.29, 0.717) is 11.7 Å². The van der Waals surface area contributed by atoms with Crippen molar-refractivity contribution in [3.8, 4) is 5.75 Å². The second-order valence-electron chi connectivity index (χ2n) is 8.82. The molecule has 1 aliphatic rings. The highest BCUT2D eigenvalue weighted by molar-refractivity contribution is 5.99. The molecule has 0 saturated carbocycles. The summed E-state index contributed by atoms with van der Waals surface area (Å²) in [6, 6.07) is 18.5. The normalized spacial score (nSPS) is 15.3. The molecule has 4 aromatic rings. The van der Waals surface area contributed by atoms with E-state index in [1.807, 2.05) is 48.5 Å². The van der Waals surface area contributed by atoms with Crippen molar-refractivity contribution in [3.63, 3.8) is 0 Å². The molecule has 0 N–H and O–H groups in total. The number of rotatable bonds is 5. The third-order valence-electron chi connectivity index (χ3n) is 6.36. The van der Waals surface area contributed by atoms with Gasteiger partial charge in [0.05, 0.1) is 24.1 Å². The van der Waals surface area contributed by atoms with Crippen LogP contribution < -0.4 is 10.2 Å². The first-order chi connectivity index (χ1) is 16.4. The molecular formula is C28H24FNO4. The van der Waals surface area contributed by atoms with Crippen LogP contribution in [0.4, 0.5) is 4.39 Å². The topological polar surface area (TPSA) is 59.8 Å². The van der Waals surface area contributed by atoms with Crippen LogP contribution in [0.3, 0.4) is 0 Å². The lowest BCUT2D eigenvalue weighted by Gasteiger charge is -2.25. The van der Waals surface area contributed by atoms with Crippen LogP contribution in [-0.4, -0.2) is 17.9 Å². The summed E-state index contributed by atoms with van der Waals surface area (Å²) in [4.78, 5) is 28.7. The van der Waals surface area contributed by atoms with E-state index in [1.54, 1.807) is 12.0 Å². The van der Waals surface area contributed by atoms with Crippen LogP contribution in [0.5, 0.6) is 5.75 Å². The summed E-state index contributed by atoms with van der Waals surface area (Å²) < 4.78 is 25.1. The molecule has 0 spiro atoms. The molecule has 0 aliphatic carbocycles. The van der Waals surface area contributed by atoms with E-state index in [1.165, 1.54) is 12.1 Å². The number of carbonyl (C=O) groups excluding carboxylic acids is 1. The Labute approximate surface area is 196 Å². The van der Waals surface area contributed by atoms with Gasteiger partial charge in [0, 0.05) is 6.54 Å². The first-order valence-corrected chi connectivity index (χ1v) is 11.2. The fourth-order valence-electron chi connectivity index (χ4n) is 4.49. The summed E-state index contributed by atoms with van der Waals surface area (Å²) in [7, 11) is 1.59. The quantitative estimate of drug-likeness (QED) is 0.380. The molecule has 0 radical (unpaired) electrons. The van der Waals surface area contributed by atoms with Crippen molar-refractivity contribution in [2.24, 2.45) is 0 Å². The molecule has 1 atom stereocenters. The van der Waals surface area contributed by atoms with Crippen molar-refractivity contribution < 1.29 is 18.3 Å². The minimum Gasteiger partial charge on any atom is -0.497 e. The number of carbonyl (C=O) groups is 1. The monoisotopic (exact) mass is 457 g/mol. The van der Waals surface area contributed by atoms with Gasteiger partial charge in [-0.1, -0.05) is 50.2 Å². The lowest BCUT2D eigenvalue weighted by molar-refractivity contribution is 0.0714. The molecule has 34 heavy (non-hydrogen) atoms. The summed E-state index contributed by atoms with van der Waals surface area (Å²) in [6.07, 6.45) is 0. The fourth-order valence-corrected chi connectivity index (χ4v) is 4.49. The average molecular weight is 458 g/mol. The molecule has 3 aromatic carbocycles. The Morgan fingerprint density at radius 1 is 1.00 bits per heavy atom. The number of fused-ring (bicyclic) bond motifs is 2. The number of methoxy groups -OCH3 is 1. The zero-order valence-electron chi connectivity index (χ0n) is 19.2. The summed E-state index contributed by atoms with van der Waals surface area (Å²) in [5.74, 6) is 0.171. The fraction of sp³-hybridized carbons (Fsp3) is 0.214.